The average molecular weight is 243 g/mol. The minimum Gasteiger partial charge on any atom is -0.481 e. The van der Waals surface area contributed by atoms with Gasteiger partial charge in [0.1, 0.15) is 0 Å². The summed E-state index contributed by atoms with van der Waals surface area (Å²) in [4.78, 5) is 13.5. The molecule has 3 atom stereocenters. The van der Waals surface area contributed by atoms with Gasteiger partial charge in [0.2, 0.25) is 0 Å². The maximum absolute atomic E-state index is 11.2. The summed E-state index contributed by atoms with van der Waals surface area (Å²) in [6, 6.07) is 0.377. The lowest BCUT2D eigenvalue weighted by molar-refractivity contribution is -0.143. The van der Waals surface area contributed by atoms with Crippen LogP contribution in [0, 0.1) is 5.92 Å². The molecule has 2 heterocycles. The summed E-state index contributed by atoms with van der Waals surface area (Å²) in [5.74, 6) is -1.13. The molecule has 5 nitrogen and oxygen atoms in total. The number of carboxylic acids is 1. The first-order valence-corrected chi connectivity index (χ1v) is 6.38. The van der Waals surface area contributed by atoms with Gasteiger partial charge in [-0.15, -0.1) is 0 Å². The van der Waals surface area contributed by atoms with Crippen molar-refractivity contribution >= 4 is 5.97 Å². The van der Waals surface area contributed by atoms with Crippen LogP contribution in [-0.4, -0.2) is 61.0 Å². The van der Waals surface area contributed by atoms with Crippen molar-refractivity contribution in [1.29, 1.82) is 0 Å². The van der Waals surface area contributed by atoms with E-state index >= 15 is 0 Å². The Morgan fingerprint density at radius 3 is 2.76 bits per heavy atom. The highest BCUT2D eigenvalue weighted by Crippen LogP contribution is 2.25. The molecule has 2 saturated heterocycles. The zero-order valence-corrected chi connectivity index (χ0v) is 10.3. The summed E-state index contributed by atoms with van der Waals surface area (Å²) in [5, 5.41) is 9.21. The topological polar surface area (TPSA) is 59.0 Å². The Morgan fingerprint density at radius 2 is 2.18 bits per heavy atom. The third-order valence-corrected chi connectivity index (χ3v) is 3.65. The van der Waals surface area contributed by atoms with E-state index in [1.807, 2.05) is 0 Å². The van der Waals surface area contributed by atoms with E-state index in [1.54, 1.807) is 0 Å². The van der Waals surface area contributed by atoms with Crippen LogP contribution >= 0.6 is 0 Å². The van der Waals surface area contributed by atoms with Gasteiger partial charge in [0.05, 0.1) is 25.7 Å². The predicted molar refractivity (Wildman–Crippen MR) is 62.0 cm³/mol. The van der Waals surface area contributed by atoms with Crippen molar-refractivity contribution in [3.05, 3.63) is 0 Å². The maximum atomic E-state index is 11.2. The number of nitrogens with zero attached hydrogens (tertiary/aromatic N) is 1. The molecule has 0 bridgehead atoms. The van der Waals surface area contributed by atoms with E-state index in [-0.39, 0.29) is 12.0 Å². The smallest absolute Gasteiger partial charge is 0.310 e. The van der Waals surface area contributed by atoms with Gasteiger partial charge in [0.25, 0.3) is 0 Å². The standard InChI is InChI=1S/C12H21NO4/c1-2-4-13(9-3-5-16-6-9)11-8-17-7-10(11)12(14)15/h9-11H,2-8H2,1H3,(H,14,15). The zero-order chi connectivity index (χ0) is 12.3. The Hall–Kier alpha value is -0.650. The largest absolute Gasteiger partial charge is 0.481 e. The summed E-state index contributed by atoms with van der Waals surface area (Å²) >= 11 is 0. The third-order valence-electron chi connectivity index (χ3n) is 3.65. The molecule has 2 fully saturated rings. The molecule has 0 aromatic carbocycles. The van der Waals surface area contributed by atoms with Crippen LogP contribution in [0.2, 0.25) is 0 Å². The molecule has 0 amide bonds. The molecule has 0 saturated carbocycles. The van der Waals surface area contributed by atoms with E-state index in [0.717, 1.165) is 32.6 Å². The van der Waals surface area contributed by atoms with Crippen molar-refractivity contribution in [3.63, 3.8) is 0 Å². The van der Waals surface area contributed by atoms with E-state index in [2.05, 4.69) is 11.8 Å². The SMILES string of the molecule is CCCN(C1CCOC1)C1COCC1C(=O)O. The van der Waals surface area contributed by atoms with E-state index in [4.69, 9.17) is 9.47 Å². The molecule has 3 unspecified atom stereocenters. The van der Waals surface area contributed by atoms with Crippen molar-refractivity contribution < 1.29 is 19.4 Å². The van der Waals surface area contributed by atoms with Crippen LogP contribution in [0.5, 0.6) is 0 Å². The lowest BCUT2D eigenvalue weighted by Crippen LogP contribution is -2.49. The lowest BCUT2D eigenvalue weighted by atomic mass is 10.00. The normalized spacial score (nSPS) is 33.4. The van der Waals surface area contributed by atoms with E-state index < -0.39 is 5.97 Å². The molecule has 0 spiro atoms. The molecule has 17 heavy (non-hydrogen) atoms. The number of hydrogen-bond donors (Lipinski definition) is 1. The Kier molecular flexibility index (Phi) is 4.36. The second-order valence-electron chi connectivity index (χ2n) is 4.80. The lowest BCUT2D eigenvalue weighted by Gasteiger charge is -2.34. The molecular formula is C12H21NO4. The fourth-order valence-electron chi connectivity index (χ4n) is 2.77. The van der Waals surface area contributed by atoms with Crippen molar-refractivity contribution in [2.24, 2.45) is 5.92 Å². The van der Waals surface area contributed by atoms with Crippen LogP contribution < -0.4 is 0 Å². The molecular weight excluding hydrogens is 222 g/mol. The molecule has 0 aromatic rings. The number of hydrogen-bond acceptors (Lipinski definition) is 4. The number of carbonyl (C=O) groups is 1. The van der Waals surface area contributed by atoms with Crippen LogP contribution in [0.3, 0.4) is 0 Å². The molecule has 0 aromatic heterocycles. The molecule has 98 valence electrons. The molecule has 2 aliphatic rings. The van der Waals surface area contributed by atoms with Gasteiger partial charge >= 0.3 is 5.97 Å². The van der Waals surface area contributed by atoms with E-state index in [0.29, 0.717) is 19.3 Å². The Morgan fingerprint density at radius 1 is 1.35 bits per heavy atom. The number of aliphatic carboxylic acids is 1. The van der Waals surface area contributed by atoms with Crippen LogP contribution in [0.25, 0.3) is 0 Å². The van der Waals surface area contributed by atoms with Crippen LogP contribution in [0.15, 0.2) is 0 Å². The highest BCUT2D eigenvalue weighted by Gasteiger charge is 2.40. The minimum absolute atomic E-state index is 0.0131. The maximum Gasteiger partial charge on any atom is 0.310 e. The van der Waals surface area contributed by atoms with Crippen molar-refractivity contribution in [2.75, 3.05) is 33.0 Å². The van der Waals surface area contributed by atoms with E-state index in [9.17, 15) is 9.90 Å². The average Bonchev–Trinajstić information content (AvgIpc) is 2.96. The third kappa shape index (κ3) is 2.78. The van der Waals surface area contributed by atoms with Gasteiger partial charge in [-0.3, -0.25) is 9.69 Å². The van der Waals surface area contributed by atoms with Crippen LogP contribution in [0.1, 0.15) is 19.8 Å². The Bertz CT molecular complexity index is 265. The van der Waals surface area contributed by atoms with Crippen LogP contribution in [0.4, 0.5) is 0 Å². The Labute approximate surface area is 102 Å². The minimum atomic E-state index is -0.743. The summed E-state index contributed by atoms with van der Waals surface area (Å²) in [5.41, 5.74) is 0. The highest BCUT2D eigenvalue weighted by molar-refractivity contribution is 5.71. The quantitative estimate of drug-likeness (QED) is 0.765. The first-order valence-electron chi connectivity index (χ1n) is 6.38. The summed E-state index contributed by atoms with van der Waals surface area (Å²) in [7, 11) is 0. The van der Waals surface area contributed by atoms with Gasteiger partial charge in [-0.1, -0.05) is 6.92 Å². The Balaban J connectivity index is 2.05. The second-order valence-corrected chi connectivity index (χ2v) is 4.80. The first-order chi connectivity index (χ1) is 8.24. The van der Waals surface area contributed by atoms with Crippen LogP contribution in [-0.2, 0) is 14.3 Å². The molecule has 0 aliphatic carbocycles. The molecule has 2 rings (SSSR count). The van der Waals surface area contributed by atoms with Crippen molar-refractivity contribution in [3.8, 4) is 0 Å². The zero-order valence-electron chi connectivity index (χ0n) is 10.3. The van der Waals surface area contributed by atoms with E-state index in [1.165, 1.54) is 0 Å². The molecule has 2 aliphatic heterocycles. The van der Waals surface area contributed by atoms with Crippen molar-refractivity contribution in [2.45, 2.75) is 31.8 Å². The van der Waals surface area contributed by atoms with Gasteiger partial charge < -0.3 is 14.6 Å². The molecule has 1 N–H and O–H groups in total. The van der Waals surface area contributed by atoms with Gasteiger partial charge in [-0.25, -0.2) is 0 Å². The molecule has 5 heteroatoms. The fourth-order valence-corrected chi connectivity index (χ4v) is 2.77. The summed E-state index contributed by atoms with van der Waals surface area (Å²) < 4.78 is 10.8. The monoisotopic (exact) mass is 243 g/mol. The predicted octanol–water partition coefficient (Wildman–Crippen LogP) is 0.587. The fraction of sp³-hybridized carbons (Fsp3) is 0.917. The van der Waals surface area contributed by atoms with Gasteiger partial charge in [-0.2, -0.15) is 0 Å². The van der Waals surface area contributed by atoms with Crippen molar-refractivity contribution in [1.82, 2.24) is 4.90 Å². The number of carboxylic acid groups (broad SMARTS) is 1. The summed E-state index contributed by atoms with van der Waals surface area (Å²) in [6.45, 7) is 5.43. The van der Waals surface area contributed by atoms with Gasteiger partial charge in [-0.05, 0) is 19.4 Å². The summed E-state index contributed by atoms with van der Waals surface area (Å²) in [6.07, 6.45) is 2.03. The second kappa shape index (κ2) is 5.80. The van der Waals surface area contributed by atoms with Gasteiger partial charge in [0, 0.05) is 18.7 Å². The van der Waals surface area contributed by atoms with Gasteiger partial charge in [0.15, 0.2) is 0 Å². The number of ether oxygens (including phenoxy) is 2. The molecule has 0 radical (unpaired) electrons. The highest BCUT2D eigenvalue weighted by atomic mass is 16.5. The number of rotatable bonds is 5. The first kappa shape index (κ1) is 12.8.